The summed E-state index contributed by atoms with van der Waals surface area (Å²) in [5, 5.41) is 5.90. The van der Waals surface area contributed by atoms with Crippen LogP contribution in [0.25, 0.3) is 0 Å². The van der Waals surface area contributed by atoms with Crippen molar-refractivity contribution in [3.05, 3.63) is 58.9 Å². The van der Waals surface area contributed by atoms with Crippen LogP contribution in [0.15, 0.2) is 42.5 Å². The van der Waals surface area contributed by atoms with Crippen LogP contribution < -0.4 is 15.4 Å². The highest BCUT2D eigenvalue weighted by molar-refractivity contribution is 6.30. The number of rotatable bonds is 6. The molecule has 0 aliphatic rings. The highest BCUT2D eigenvalue weighted by atomic mass is 35.5. The average Bonchev–Trinajstić information content (AvgIpc) is 2.61. The zero-order valence-electron chi connectivity index (χ0n) is 14.7. The van der Waals surface area contributed by atoms with Gasteiger partial charge in [-0.1, -0.05) is 25.4 Å². The lowest BCUT2D eigenvalue weighted by Crippen LogP contribution is -2.47. The van der Waals surface area contributed by atoms with Crippen molar-refractivity contribution in [3.63, 3.8) is 0 Å². The van der Waals surface area contributed by atoms with E-state index in [2.05, 4.69) is 10.6 Å². The molecule has 0 radical (unpaired) electrons. The van der Waals surface area contributed by atoms with Crippen molar-refractivity contribution >= 4 is 29.1 Å². The second kappa shape index (κ2) is 8.67. The molecule has 0 fully saturated rings. The van der Waals surface area contributed by atoms with Gasteiger partial charge in [-0.3, -0.25) is 9.59 Å². The van der Waals surface area contributed by atoms with Gasteiger partial charge in [0.15, 0.2) is 0 Å². The summed E-state index contributed by atoms with van der Waals surface area (Å²) in [7, 11) is 1.38. The van der Waals surface area contributed by atoms with Crippen LogP contribution in [0.4, 0.5) is 10.1 Å². The first-order valence-corrected chi connectivity index (χ1v) is 8.40. The highest BCUT2D eigenvalue weighted by Crippen LogP contribution is 2.25. The highest BCUT2D eigenvalue weighted by Gasteiger charge is 2.25. The molecule has 7 heteroatoms. The van der Waals surface area contributed by atoms with E-state index in [4.69, 9.17) is 16.3 Å². The summed E-state index contributed by atoms with van der Waals surface area (Å²) in [6.45, 7) is 3.63. The molecule has 0 saturated heterocycles. The molecule has 0 aliphatic carbocycles. The van der Waals surface area contributed by atoms with Crippen LogP contribution >= 0.6 is 11.6 Å². The second-order valence-electron chi connectivity index (χ2n) is 6.04. The van der Waals surface area contributed by atoms with Crippen molar-refractivity contribution < 1.29 is 18.7 Å². The summed E-state index contributed by atoms with van der Waals surface area (Å²) in [5.74, 6) is -1.26. The number of halogens is 2. The van der Waals surface area contributed by atoms with E-state index in [0.717, 1.165) is 0 Å². The second-order valence-corrected chi connectivity index (χ2v) is 6.47. The topological polar surface area (TPSA) is 67.4 Å². The molecule has 2 aromatic carbocycles. The monoisotopic (exact) mass is 378 g/mol. The fraction of sp³-hybridized carbons (Fsp3) is 0.263. The van der Waals surface area contributed by atoms with Gasteiger partial charge in [0, 0.05) is 16.7 Å². The van der Waals surface area contributed by atoms with Crippen LogP contribution in [-0.4, -0.2) is 25.0 Å². The zero-order chi connectivity index (χ0) is 19.3. The Bertz CT molecular complexity index is 794. The molecule has 2 rings (SSSR count). The number of ether oxygens (including phenoxy) is 1. The lowest BCUT2D eigenvalue weighted by Gasteiger charge is -2.22. The Morgan fingerprint density at radius 1 is 1.12 bits per heavy atom. The van der Waals surface area contributed by atoms with Crippen molar-refractivity contribution in [2.24, 2.45) is 5.92 Å². The minimum Gasteiger partial charge on any atom is -0.494 e. The van der Waals surface area contributed by atoms with Crippen LogP contribution in [0, 0.1) is 11.7 Å². The molecule has 1 atom stereocenters. The summed E-state index contributed by atoms with van der Waals surface area (Å²) in [6, 6.07) is 9.37. The summed E-state index contributed by atoms with van der Waals surface area (Å²) in [5.41, 5.74) is 0.720. The average molecular weight is 379 g/mol. The van der Waals surface area contributed by atoms with Crippen LogP contribution in [0.1, 0.15) is 24.2 Å². The first-order chi connectivity index (χ1) is 12.3. The van der Waals surface area contributed by atoms with E-state index in [1.807, 2.05) is 13.8 Å². The van der Waals surface area contributed by atoms with Crippen LogP contribution in [0.3, 0.4) is 0 Å². The largest absolute Gasteiger partial charge is 0.494 e. The molecule has 0 saturated carbocycles. The number of hydrogen-bond donors (Lipinski definition) is 2. The molecule has 0 aromatic heterocycles. The van der Waals surface area contributed by atoms with E-state index in [1.165, 1.54) is 25.3 Å². The van der Waals surface area contributed by atoms with Gasteiger partial charge in [-0.25, -0.2) is 4.39 Å². The molecular formula is C19H20ClFN2O3. The van der Waals surface area contributed by atoms with E-state index >= 15 is 0 Å². The van der Waals surface area contributed by atoms with Crippen LogP contribution in [0.2, 0.25) is 5.02 Å². The van der Waals surface area contributed by atoms with Crippen LogP contribution in [0.5, 0.6) is 5.75 Å². The molecule has 0 spiro atoms. The number of anilines is 1. The van der Waals surface area contributed by atoms with E-state index < -0.39 is 17.8 Å². The van der Waals surface area contributed by atoms with Gasteiger partial charge in [0.25, 0.3) is 5.91 Å². The van der Waals surface area contributed by atoms with Gasteiger partial charge in [0.2, 0.25) is 5.91 Å². The molecule has 2 N–H and O–H groups in total. The number of amides is 2. The molecule has 0 heterocycles. The standard InChI is InChI=1S/C19H20ClFN2O3/c1-11(2)17(23-18(24)12-4-6-13(20)7-5-12)19(25)22-15-9-8-14(21)10-16(15)26-3/h4-11,17H,1-3H3,(H,22,25)(H,23,24). The van der Waals surface area contributed by atoms with Gasteiger partial charge in [0.05, 0.1) is 12.8 Å². The number of nitrogens with one attached hydrogen (secondary N) is 2. The van der Waals surface area contributed by atoms with E-state index in [9.17, 15) is 14.0 Å². The Kier molecular flexibility index (Phi) is 6.58. The van der Waals surface area contributed by atoms with E-state index in [1.54, 1.807) is 24.3 Å². The third-order valence-corrected chi connectivity index (χ3v) is 4.02. The normalized spacial score (nSPS) is 11.8. The summed E-state index contributed by atoms with van der Waals surface area (Å²) >= 11 is 5.82. The smallest absolute Gasteiger partial charge is 0.251 e. The quantitative estimate of drug-likeness (QED) is 0.801. The van der Waals surface area contributed by atoms with Crippen molar-refractivity contribution in [2.45, 2.75) is 19.9 Å². The molecule has 26 heavy (non-hydrogen) atoms. The third kappa shape index (κ3) is 4.95. The predicted octanol–water partition coefficient (Wildman–Crippen LogP) is 3.88. The minimum absolute atomic E-state index is 0.169. The Morgan fingerprint density at radius 2 is 1.77 bits per heavy atom. The van der Waals surface area contributed by atoms with Gasteiger partial charge in [-0.15, -0.1) is 0 Å². The molecule has 2 amide bonds. The van der Waals surface area contributed by atoms with E-state index in [0.29, 0.717) is 16.3 Å². The lowest BCUT2D eigenvalue weighted by molar-refractivity contribution is -0.118. The first kappa shape index (κ1) is 19.7. The van der Waals surface area contributed by atoms with E-state index in [-0.39, 0.29) is 17.6 Å². The maximum atomic E-state index is 13.3. The fourth-order valence-corrected chi connectivity index (χ4v) is 2.47. The third-order valence-electron chi connectivity index (χ3n) is 3.76. The molecular weight excluding hydrogens is 359 g/mol. The van der Waals surface area contributed by atoms with Crippen molar-refractivity contribution in [2.75, 3.05) is 12.4 Å². The Hall–Kier alpha value is -2.60. The molecule has 0 bridgehead atoms. The Labute approximate surface area is 156 Å². The summed E-state index contributed by atoms with van der Waals surface area (Å²) in [6.07, 6.45) is 0. The number of hydrogen-bond acceptors (Lipinski definition) is 3. The number of carbonyl (C=O) groups excluding carboxylic acids is 2. The first-order valence-electron chi connectivity index (χ1n) is 8.02. The summed E-state index contributed by atoms with van der Waals surface area (Å²) < 4.78 is 18.4. The van der Waals surface area contributed by atoms with Gasteiger partial charge >= 0.3 is 0 Å². The summed E-state index contributed by atoms with van der Waals surface area (Å²) in [4.78, 5) is 25.0. The molecule has 1 unspecified atom stereocenters. The number of benzene rings is 2. The maximum Gasteiger partial charge on any atom is 0.251 e. The van der Waals surface area contributed by atoms with Crippen molar-refractivity contribution in [1.82, 2.24) is 5.32 Å². The molecule has 0 aliphatic heterocycles. The van der Waals surface area contributed by atoms with Gasteiger partial charge in [0.1, 0.15) is 17.6 Å². The van der Waals surface area contributed by atoms with Crippen LogP contribution in [-0.2, 0) is 4.79 Å². The Morgan fingerprint density at radius 3 is 2.35 bits per heavy atom. The number of carbonyl (C=O) groups is 2. The maximum absolute atomic E-state index is 13.3. The number of methoxy groups -OCH3 is 1. The van der Waals surface area contributed by atoms with Gasteiger partial charge in [-0.2, -0.15) is 0 Å². The zero-order valence-corrected chi connectivity index (χ0v) is 15.4. The molecule has 5 nitrogen and oxygen atoms in total. The van der Waals surface area contributed by atoms with Crippen molar-refractivity contribution in [1.29, 1.82) is 0 Å². The minimum atomic E-state index is -0.784. The fourth-order valence-electron chi connectivity index (χ4n) is 2.34. The van der Waals surface area contributed by atoms with Crippen molar-refractivity contribution in [3.8, 4) is 5.75 Å². The predicted molar refractivity (Wildman–Crippen MR) is 99.1 cm³/mol. The molecule has 138 valence electrons. The lowest BCUT2D eigenvalue weighted by atomic mass is 10.0. The van der Waals surface area contributed by atoms with Gasteiger partial charge in [-0.05, 0) is 42.3 Å². The Balaban J connectivity index is 2.15. The molecule has 2 aromatic rings. The SMILES string of the molecule is COc1cc(F)ccc1NC(=O)C(NC(=O)c1ccc(Cl)cc1)C(C)C. The van der Waals surface area contributed by atoms with Gasteiger partial charge < -0.3 is 15.4 Å².